The van der Waals surface area contributed by atoms with Crippen LogP contribution in [0.5, 0.6) is 11.5 Å². The fraction of sp³-hybridized carbons (Fsp3) is 0.444. The summed E-state index contributed by atoms with van der Waals surface area (Å²) in [6.07, 6.45) is 3.76. The van der Waals surface area contributed by atoms with Crippen molar-refractivity contribution in [1.82, 2.24) is 10.1 Å². The number of hydrogen-bond donors (Lipinski definition) is 0. The second-order valence-electron chi connectivity index (χ2n) is 6.19. The zero-order chi connectivity index (χ0) is 16.5. The normalized spacial score (nSPS) is 19.0. The van der Waals surface area contributed by atoms with Crippen LogP contribution < -0.4 is 9.47 Å². The van der Waals surface area contributed by atoms with Crippen molar-refractivity contribution in [1.29, 1.82) is 0 Å². The predicted molar refractivity (Wildman–Crippen MR) is 86.1 cm³/mol. The molecule has 0 saturated carbocycles. The van der Waals surface area contributed by atoms with Crippen LogP contribution in [0.2, 0.25) is 0 Å². The van der Waals surface area contributed by atoms with Crippen LogP contribution in [0.15, 0.2) is 28.8 Å². The molecule has 2 aromatic rings. The zero-order valence-corrected chi connectivity index (χ0v) is 13.7. The van der Waals surface area contributed by atoms with Crippen molar-refractivity contribution < 1.29 is 18.8 Å². The second-order valence-corrected chi connectivity index (χ2v) is 6.19. The van der Waals surface area contributed by atoms with Crippen molar-refractivity contribution in [3.8, 4) is 11.5 Å². The number of aryl methyl sites for hydroxylation is 1. The summed E-state index contributed by atoms with van der Waals surface area (Å²) in [5, 5.41) is 4.19. The van der Waals surface area contributed by atoms with Gasteiger partial charge in [0.05, 0.1) is 6.04 Å². The molecule has 0 bridgehead atoms. The number of carbonyl (C=O) groups excluding carboxylic acids is 1. The Morgan fingerprint density at radius 1 is 1.29 bits per heavy atom. The monoisotopic (exact) mass is 328 g/mol. The Bertz CT molecular complexity index is 755. The van der Waals surface area contributed by atoms with Crippen LogP contribution in [-0.2, 0) is 6.42 Å². The largest absolute Gasteiger partial charge is 0.454 e. The number of aromatic nitrogens is 1. The summed E-state index contributed by atoms with van der Waals surface area (Å²) in [6, 6.07) is 7.30. The van der Waals surface area contributed by atoms with Crippen molar-refractivity contribution in [2.24, 2.45) is 0 Å². The maximum Gasteiger partial charge on any atom is 0.254 e. The molecule has 1 aromatic heterocycles. The van der Waals surface area contributed by atoms with E-state index in [1.807, 2.05) is 11.0 Å². The van der Waals surface area contributed by atoms with Gasteiger partial charge in [0, 0.05) is 24.6 Å². The van der Waals surface area contributed by atoms with Gasteiger partial charge in [-0.25, -0.2) is 0 Å². The van der Waals surface area contributed by atoms with E-state index >= 15 is 0 Å². The zero-order valence-electron chi connectivity index (χ0n) is 13.7. The van der Waals surface area contributed by atoms with Crippen molar-refractivity contribution in [3.63, 3.8) is 0 Å². The van der Waals surface area contributed by atoms with Gasteiger partial charge in [0.2, 0.25) is 6.79 Å². The summed E-state index contributed by atoms with van der Waals surface area (Å²) in [5.74, 6) is 2.19. The standard InChI is InChI=1S/C18H20N2O4/c1-2-4-13-10-14(19-24-13)15-5-3-8-20(15)18(21)12-6-7-16-17(9-12)23-11-22-16/h6-7,9-10,15H,2-5,8,11H2,1H3. The average molecular weight is 328 g/mol. The lowest BCUT2D eigenvalue weighted by Crippen LogP contribution is -2.30. The van der Waals surface area contributed by atoms with Crippen LogP contribution in [-0.4, -0.2) is 29.3 Å². The van der Waals surface area contributed by atoms with Gasteiger partial charge in [-0.15, -0.1) is 0 Å². The highest BCUT2D eigenvalue weighted by Crippen LogP contribution is 2.36. The Kier molecular flexibility index (Phi) is 3.88. The fourth-order valence-corrected chi connectivity index (χ4v) is 3.36. The van der Waals surface area contributed by atoms with Crippen LogP contribution in [0.3, 0.4) is 0 Å². The Balaban J connectivity index is 1.56. The summed E-state index contributed by atoms with van der Waals surface area (Å²) < 4.78 is 16.1. The number of benzene rings is 1. The molecule has 2 aliphatic rings. The lowest BCUT2D eigenvalue weighted by atomic mass is 10.1. The average Bonchev–Trinajstić information content (AvgIpc) is 3.33. The lowest BCUT2D eigenvalue weighted by Gasteiger charge is -2.23. The topological polar surface area (TPSA) is 64.8 Å². The van der Waals surface area contributed by atoms with E-state index in [1.165, 1.54) is 0 Å². The first-order chi connectivity index (χ1) is 11.8. The number of fused-ring (bicyclic) bond motifs is 1. The molecular weight excluding hydrogens is 308 g/mol. The molecule has 1 fully saturated rings. The summed E-state index contributed by atoms with van der Waals surface area (Å²) in [5.41, 5.74) is 1.47. The van der Waals surface area contributed by atoms with Crippen LogP contribution in [0.1, 0.15) is 54.0 Å². The smallest absolute Gasteiger partial charge is 0.254 e. The van der Waals surface area contributed by atoms with Crippen LogP contribution in [0, 0.1) is 0 Å². The number of nitrogens with zero attached hydrogens (tertiary/aromatic N) is 2. The van der Waals surface area contributed by atoms with Crippen molar-refractivity contribution in [2.45, 2.75) is 38.6 Å². The Hall–Kier alpha value is -2.50. The Labute approximate surface area is 140 Å². The minimum absolute atomic E-state index is 0.00385. The summed E-state index contributed by atoms with van der Waals surface area (Å²) in [6.45, 7) is 3.04. The predicted octanol–water partition coefficient (Wildman–Crippen LogP) is 3.33. The summed E-state index contributed by atoms with van der Waals surface area (Å²) >= 11 is 0. The maximum absolute atomic E-state index is 12.9. The van der Waals surface area contributed by atoms with E-state index in [0.717, 1.165) is 43.7 Å². The van der Waals surface area contributed by atoms with E-state index in [0.29, 0.717) is 17.1 Å². The molecule has 0 radical (unpaired) electrons. The molecule has 6 nitrogen and oxygen atoms in total. The number of hydrogen-bond acceptors (Lipinski definition) is 5. The third kappa shape index (κ3) is 2.62. The molecule has 4 rings (SSSR count). The third-order valence-corrected chi connectivity index (χ3v) is 4.55. The van der Waals surface area contributed by atoms with E-state index in [-0.39, 0.29) is 18.7 Å². The van der Waals surface area contributed by atoms with Gasteiger partial charge in [-0.1, -0.05) is 12.1 Å². The number of ether oxygens (including phenoxy) is 2. The minimum atomic E-state index is -0.0164. The van der Waals surface area contributed by atoms with Crippen molar-refractivity contribution >= 4 is 5.91 Å². The first kappa shape index (κ1) is 15.1. The number of rotatable bonds is 4. The second kappa shape index (κ2) is 6.19. The molecule has 0 spiro atoms. The van der Waals surface area contributed by atoms with E-state index in [2.05, 4.69) is 12.1 Å². The minimum Gasteiger partial charge on any atom is -0.454 e. The molecule has 1 amide bonds. The molecule has 6 heteroatoms. The fourth-order valence-electron chi connectivity index (χ4n) is 3.36. The first-order valence-corrected chi connectivity index (χ1v) is 8.42. The van der Waals surface area contributed by atoms with Gasteiger partial charge in [-0.3, -0.25) is 4.79 Å². The molecule has 126 valence electrons. The molecule has 1 saturated heterocycles. The van der Waals surface area contributed by atoms with Crippen LogP contribution >= 0.6 is 0 Å². The van der Waals surface area contributed by atoms with Crippen LogP contribution in [0.4, 0.5) is 0 Å². The van der Waals surface area contributed by atoms with E-state index in [9.17, 15) is 4.79 Å². The molecule has 1 unspecified atom stereocenters. The van der Waals surface area contributed by atoms with Crippen molar-refractivity contribution in [2.75, 3.05) is 13.3 Å². The van der Waals surface area contributed by atoms with E-state index in [1.54, 1.807) is 18.2 Å². The number of amides is 1. The van der Waals surface area contributed by atoms with E-state index in [4.69, 9.17) is 14.0 Å². The molecule has 2 aliphatic heterocycles. The van der Waals surface area contributed by atoms with E-state index < -0.39 is 0 Å². The molecule has 0 N–H and O–H groups in total. The van der Waals surface area contributed by atoms with Gasteiger partial charge in [-0.2, -0.15) is 0 Å². The lowest BCUT2D eigenvalue weighted by molar-refractivity contribution is 0.0730. The first-order valence-electron chi connectivity index (χ1n) is 8.42. The SMILES string of the molecule is CCCc1cc(C2CCCN2C(=O)c2ccc3c(c2)OCO3)no1. The molecule has 3 heterocycles. The van der Waals surface area contributed by atoms with Gasteiger partial charge in [0.15, 0.2) is 11.5 Å². The molecular formula is C18H20N2O4. The molecule has 1 atom stereocenters. The highest BCUT2D eigenvalue weighted by Gasteiger charge is 2.33. The highest BCUT2D eigenvalue weighted by molar-refractivity contribution is 5.95. The van der Waals surface area contributed by atoms with Gasteiger partial charge in [0.1, 0.15) is 11.5 Å². The molecule has 0 aliphatic carbocycles. The van der Waals surface area contributed by atoms with Gasteiger partial charge in [-0.05, 0) is 37.5 Å². The molecule has 1 aromatic carbocycles. The Morgan fingerprint density at radius 2 is 2.17 bits per heavy atom. The molecule has 24 heavy (non-hydrogen) atoms. The Morgan fingerprint density at radius 3 is 3.04 bits per heavy atom. The van der Waals surface area contributed by atoms with Gasteiger partial charge in [0.25, 0.3) is 5.91 Å². The quantitative estimate of drug-likeness (QED) is 0.861. The number of likely N-dealkylation sites (tertiary alicyclic amines) is 1. The highest BCUT2D eigenvalue weighted by atomic mass is 16.7. The van der Waals surface area contributed by atoms with Crippen LogP contribution in [0.25, 0.3) is 0 Å². The third-order valence-electron chi connectivity index (χ3n) is 4.55. The van der Waals surface area contributed by atoms with Crippen molar-refractivity contribution in [3.05, 3.63) is 41.3 Å². The maximum atomic E-state index is 12.9. The summed E-state index contributed by atoms with van der Waals surface area (Å²) in [7, 11) is 0. The van der Waals surface area contributed by atoms with Gasteiger partial charge >= 0.3 is 0 Å². The number of carbonyl (C=O) groups is 1. The summed E-state index contributed by atoms with van der Waals surface area (Å²) in [4.78, 5) is 14.8. The van der Waals surface area contributed by atoms with Gasteiger partial charge < -0.3 is 18.9 Å².